The highest BCUT2D eigenvalue weighted by molar-refractivity contribution is 7.89. The Morgan fingerprint density at radius 3 is 2.33 bits per heavy atom. The van der Waals surface area contributed by atoms with Crippen molar-refractivity contribution in [1.29, 1.82) is 0 Å². The second-order valence-electron chi connectivity index (χ2n) is 3.43. The van der Waals surface area contributed by atoms with Gasteiger partial charge in [-0.05, 0) is 24.3 Å². The molecular formula is C9H11FN2O2S. The van der Waals surface area contributed by atoms with Gasteiger partial charge in [0.25, 0.3) is 0 Å². The summed E-state index contributed by atoms with van der Waals surface area (Å²) in [7, 11) is -3.49. The first kappa shape index (κ1) is 10.5. The first-order valence-corrected chi connectivity index (χ1v) is 6.05. The van der Waals surface area contributed by atoms with E-state index in [2.05, 4.69) is 10.0 Å². The minimum absolute atomic E-state index is 0.0555. The zero-order valence-corrected chi connectivity index (χ0v) is 8.72. The fourth-order valence-electron chi connectivity index (χ4n) is 1.27. The van der Waals surface area contributed by atoms with Gasteiger partial charge in [-0.15, -0.1) is 0 Å². The molecular weight excluding hydrogens is 219 g/mol. The quantitative estimate of drug-likeness (QED) is 0.773. The molecule has 0 spiro atoms. The van der Waals surface area contributed by atoms with E-state index in [0.29, 0.717) is 13.1 Å². The fourth-order valence-corrected chi connectivity index (χ4v) is 2.51. The zero-order chi connectivity index (χ0) is 10.9. The molecule has 0 amide bonds. The van der Waals surface area contributed by atoms with E-state index in [9.17, 15) is 12.8 Å². The summed E-state index contributed by atoms with van der Waals surface area (Å²) in [5, 5.41) is 2.96. The number of hydrogen-bond acceptors (Lipinski definition) is 3. The Morgan fingerprint density at radius 2 is 1.87 bits per heavy atom. The molecule has 1 aromatic rings. The van der Waals surface area contributed by atoms with Crippen molar-refractivity contribution in [2.75, 3.05) is 13.1 Å². The molecule has 1 aliphatic rings. The average Bonchev–Trinajstić information content (AvgIpc) is 2.13. The van der Waals surface area contributed by atoms with Crippen LogP contribution in [-0.4, -0.2) is 27.5 Å². The molecule has 0 aromatic heterocycles. The van der Waals surface area contributed by atoms with Crippen LogP contribution in [-0.2, 0) is 10.0 Å². The molecule has 15 heavy (non-hydrogen) atoms. The highest BCUT2D eigenvalue weighted by Gasteiger charge is 2.24. The molecule has 1 aliphatic heterocycles. The van der Waals surface area contributed by atoms with Crippen LogP contribution < -0.4 is 10.0 Å². The number of halogens is 1. The van der Waals surface area contributed by atoms with Crippen LogP contribution in [0.2, 0.25) is 0 Å². The predicted octanol–water partition coefficient (Wildman–Crippen LogP) is 0.0758. The average molecular weight is 230 g/mol. The summed E-state index contributed by atoms with van der Waals surface area (Å²) in [5.74, 6) is -0.445. The molecule has 0 aliphatic carbocycles. The van der Waals surface area contributed by atoms with E-state index in [1.54, 1.807) is 0 Å². The molecule has 1 heterocycles. The molecule has 1 aromatic carbocycles. The van der Waals surface area contributed by atoms with E-state index in [1.165, 1.54) is 12.1 Å². The van der Waals surface area contributed by atoms with Gasteiger partial charge in [-0.3, -0.25) is 0 Å². The van der Waals surface area contributed by atoms with Crippen molar-refractivity contribution in [2.24, 2.45) is 0 Å². The Morgan fingerprint density at radius 1 is 1.27 bits per heavy atom. The summed E-state index contributed by atoms with van der Waals surface area (Å²) in [6.45, 7) is 1.28. The van der Waals surface area contributed by atoms with Gasteiger partial charge in [-0.25, -0.2) is 17.5 Å². The Balaban J connectivity index is 2.17. The fraction of sp³-hybridized carbons (Fsp3) is 0.333. The normalized spacial score (nSPS) is 17.4. The van der Waals surface area contributed by atoms with Gasteiger partial charge in [0.15, 0.2) is 0 Å². The lowest BCUT2D eigenvalue weighted by atomic mass is 10.2. The van der Waals surface area contributed by atoms with Crippen LogP contribution in [0.15, 0.2) is 29.2 Å². The maximum Gasteiger partial charge on any atom is 0.240 e. The first-order chi connectivity index (χ1) is 7.08. The van der Waals surface area contributed by atoms with Crippen LogP contribution in [0.25, 0.3) is 0 Å². The lowest BCUT2D eigenvalue weighted by Gasteiger charge is -2.27. The summed E-state index contributed by atoms with van der Waals surface area (Å²) in [6, 6.07) is 4.72. The molecule has 2 rings (SSSR count). The van der Waals surface area contributed by atoms with Crippen molar-refractivity contribution in [3.05, 3.63) is 30.1 Å². The van der Waals surface area contributed by atoms with Crippen molar-refractivity contribution in [2.45, 2.75) is 10.9 Å². The number of hydrogen-bond donors (Lipinski definition) is 2. The molecule has 1 saturated heterocycles. The number of sulfonamides is 1. The Bertz CT molecular complexity index is 440. The molecule has 0 radical (unpaired) electrons. The lowest BCUT2D eigenvalue weighted by Crippen LogP contribution is -2.56. The summed E-state index contributed by atoms with van der Waals surface area (Å²) in [6.07, 6.45) is 0. The van der Waals surface area contributed by atoms with Gasteiger partial charge in [0.2, 0.25) is 10.0 Å². The SMILES string of the molecule is O=S(=O)(NC1CNC1)c1ccc(F)cc1. The largest absolute Gasteiger partial charge is 0.313 e. The topological polar surface area (TPSA) is 58.2 Å². The maximum absolute atomic E-state index is 12.6. The van der Waals surface area contributed by atoms with Crippen LogP contribution in [0.1, 0.15) is 0 Å². The van der Waals surface area contributed by atoms with E-state index in [1.807, 2.05) is 0 Å². The van der Waals surface area contributed by atoms with E-state index >= 15 is 0 Å². The van der Waals surface area contributed by atoms with Crippen LogP contribution in [0.5, 0.6) is 0 Å². The minimum Gasteiger partial charge on any atom is -0.313 e. The van der Waals surface area contributed by atoms with Gasteiger partial charge in [0, 0.05) is 19.1 Å². The highest BCUT2D eigenvalue weighted by atomic mass is 32.2. The third-order valence-corrected chi connectivity index (χ3v) is 3.76. The van der Waals surface area contributed by atoms with Gasteiger partial charge in [0.1, 0.15) is 5.82 Å². The summed E-state index contributed by atoms with van der Waals surface area (Å²) in [5.41, 5.74) is 0. The third-order valence-electron chi connectivity index (χ3n) is 2.23. The number of rotatable bonds is 3. The third kappa shape index (κ3) is 2.34. The summed E-state index contributed by atoms with van der Waals surface area (Å²) in [4.78, 5) is 0.0933. The van der Waals surface area contributed by atoms with E-state index in [-0.39, 0.29) is 10.9 Å². The molecule has 0 unspecified atom stereocenters. The van der Waals surface area contributed by atoms with E-state index < -0.39 is 15.8 Å². The van der Waals surface area contributed by atoms with Gasteiger partial charge >= 0.3 is 0 Å². The molecule has 4 nitrogen and oxygen atoms in total. The lowest BCUT2D eigenvalue weighted by molar-refractivity contribution is 0.410. The monoisotopic (exact) mass is 230 g/mol. The van der Waals surface area contributed by atoms with Gasteiger partial charge in [-0.2, -0.15) is 0 Å². The molecule has 2 N–H and O–H groups in total. The second-order valence-corrected chi connectivity index (χ2v) is 5.14. The molecule has 0 saturated carbocycles. The van der Waals surface area contributed by atoms with E-state index in [0.717, 1.165) is 12.1 Å². The molecule has 6 heteroatoms. The van der Waals surface area contributed by atoms with Crippen molar-refractivity contribution in [3.63, 3.8) is 0 Å². The van der Waals surface area contributed by atoms with Crippen molar-refractivity contribution < 1.29 is 12.8 Å². The Labute approximate surface area is 87.5 Å². The number of benzene rings is 1. The summed E-state index contributed by atoms with van der Waals surface area (Å²) >= 11 is 0. The number of nitrogens with one attached hydrogen (secondary N) is 2. The van der Waals surface area contributed by atoms with Gasteiger partial charge < -0.3 is 5.32 Å². The molecule has 1 fully saturated rings. The Hall–Kier alpha value is -0.980. The van der Waals surface area contributed by atoms with Crippen LogP contribution in [0.4, 0.5) is 4.39 Å². The minimum atomic E-state index is -3.49. The van der Waals surface area contributed by atoms with Gasteiger partial charge in [0.05, 0.1) is 4.90 Å². The molecule has 0 bridgehead atoms. The molecule has 82 valence electrons. The highest BCUT2D eigenvalue weighted by Crippen LogP contribution is 2.10. The predicted molar refractivity (Wildman–Crippen MR) is 53.4 cm³/mol. The van der Waals surface area contributed by atoms with Crippen molar-refractivity contribution >= 4 is 10.0 Å². The Kier molecular flexibility index (Phi) is 2.72. The van der Waals surface area contributed by atoms with Crippen LogP contribution in [0, 0.1) is 5.82 Å². The van der Waals surface area contributed by atoms with Crippen LogP contribution in [0.3, 0.4) is 0 Å². The standard InChI is InChI=1S/C9H11FN2O2S/c10-7-1-3-9(4-2-7)15(13,14)12-8-5-11-6-8/h1-4,8,11-12H,5-6H2. The first-order valence-electron chi connectivity index (χ1n) is 4.56. The zero-order valence-electron chi connectivity index (χ0n) is 7.90. The van der Waals surface area contributed by atoms with E-state index in [4.69, 9.17) is 0 Å². The van der Waals surface area contributed by atoms with Gasteiger partial charge in [-0.1, -0.05) is 0 Å². The molecule has 0 atom stereocenters. The maximum atomic E-state index is 12.6. The van der Waals surface area contributed by atoms with Crippen LogP contribution >= 0.6 is 0 Å². The van der Waals surface area contributed by atoms with Crippen molar-refractivity contribution in [1.82, 2.24) is 10.0 Å². The van der Waals surface area contributed by atoms with Crippen molar-refractivity contribution in [3.8, 4) is 0 Å². The summed E-state index contributed by atoms with van der Waals surface area (Å²) < 4.78 is 38.5. The second kappa shape index (κ2) is 3.88. The smallest absolute Gasteiger partial charge is 0.240 e.